The van der Waals surface area contributed by atoms with Crippen LogP contribution in [-0.4, -0.2) is 5.11 Å². The number of benzene rings is 1. The van der Waals surface area contributed by atoms with Gasteiger partial charge < -0.3 is 5.11 Å². The Bertz CT molecular complexity index is 234. The molecule has 1 aromatic rings. The van der Waals surface area contributed by atoms with E-state index < -0.39 is 0 Å². The average Bonchev–Trinajstić information content (AvgIpc) is 2.27. The number of hydrogen-bond acceptors (Lipinski definition) is 1. The highest BCUT2D eigenvalue weighted by Gasteiger charge is 2.06. The molecule has 0 radical (unpaired) electrons. The van der Waals surface area contributed by atoms with E-state index in [1.54, 1.807) is 0 Å². The van der Waals surface area contributed by atoms with Gasteiger partial charge in [0.1, 0.15) is 0 Å². The number of hydrogen-bond donors (Lipinski definition) is 1. The summed E-state index contributed by atoms with van der Waals surface area (Å²) in [6.45, 7) is 6.41. The molecule has 0 heterocycles. The van der Waals surface area contributed by atoms with Gasteiger partial charge in [0.2, 0.25) is 0 Å². The number of aliphatic hydroxyl groups is 1. The van der Waals surface area contributed by atoms with Gasteiger partial charge in [-0.15, -0.1) is 0 Å². The van der Waals surface area contributed by atoms with Crippen LogP contribution in [0.15, 0.2) is 24.3 Å². The summed E-state index contributed by atoms with van der Waals surface area (Å²) in [7, 11) is 0. The van der Waals surface area contributed by atoms with E-state index >= 15 is 0 Å². The lowest BCUT2D eigenvalue weighted by molar-refractivity contribution is 0.173. The van der Waals surface area contributed by atoms with Gasteiger partial charge in [-0.1, -0.05) is 45.0 Å². The average molecular weight is 192 g/mol. The van der Waals surface area contributed by atoms with Crippen molar-refractivity contribution in [1.82, 2.24) is 0 Å². The quantitative estimate of drug-likeness (QED) is 0.772. The Morgan fingerprint density at radius 2 is 1.50 bits per heavy atom. The van der Waals surface area contributed by atoms with Crippen molar-refractivity contribution in [3.8, 4) is 0 Å². The lowest BCUT2D eigenvalue weighted by Crippen LogP contribution is -1.96. The third kappa shape index (κ3) is 2.58. The monoisotopic (exact) mass is 192 g/mol. The molecule has 1 rings (SSSR count). The van der Waals surface area contributed by atoms with Crippen molar-refractivity contribution >= 4 is 0 Å². The van der Waals surface area contributed by atoms with E-state index in [9.17, 15) is 5.11 Å². The summed E-state index contributed by atoms with van der Waals surface area (Å²) in [5, 5.41) is 9.62. The topological polar surface area (TPSA) is 20.2 Å². The van der Waals surface area contributed by atoms with Crippen molar-refractivity contribution < 1.29 is 5.11 Å². The van der Waals surface area contributed by atoms with Crippen LogP contribution >= 0.6 is 0 Å². The third-order valence-electron chi connectivity index (χ3n) is 2.89. The molecule has 0 aliphatic heterocycles. The first-order valence-electron chi connectivity index (χ1n) is 5.46. The number of rotatable bonds is 4. The second-order valence-corrected chi connectivity index (χ2v) is 3.90. The van der Waals surface area contributed by atoms with Crippen LogP contribution in [0.4, 0.5) is 0 Å². The maximum atomic E-state index is 9.62. The second-order valence-electron chi connectivity index (χ2n) is 3.90. The van der Waals surface area contributed by atoms with Gasteiger partial charge in [-0.25, -0.2) is 0 Å². The molecule has 1 aromatic carbocycles. The smallest absolute Gasteiger partial charge is 0.0787 e. The second kappa shape index (κ2) is 5.16. The molecular formula is C13H20O. The minimum Gasteiger partial charge on any atom is -0.388 e. The fourth-order valence-corrected chi connectivity index (χ4v) is 1.52. The molecule has 78 valence electrons. The van der Waals surface area contributed by atoms with Crippen molar-refractivity contribution in [2.45, 2.75) is 45.6 Å². The predicted molar refractivity (Wildman–Crippen MR) is 60.4 cm³/mol. The van der Waals surface area contributed by atoms with Crippen LogP contribution in [0.25, 0.3) is 0 Å². The Morgan fingerprint density at radius 3 is 1.93 bits per heavy atom. The maximum Gasteiger partial charge on any atom is 0.0787 e. The molecule has 0 bridgehead atoms. The van der Waals surface area contributed by atoms with Crippen LogP contribution in [0, 0.1) is 0 Å². The van der Waals surface area contributed by atoms with Gasteiger partial charge in [-0.2, -0.15) is 0 Å². The zero-order chi connectivity index (χ0) is 10.6. The molecule has 0 fully saturated rings. The third-order valence-corrected chi connectivity index (χ3v) is 2.89. The van der Waals surface area contributed by atoms with Gasteiger partial charge >= 0.3 is 0 Å². The normalized spacial score (nSPS) is 15.1. The highest BCUT2D eigenvalue weighted by molar-refractivity contribution is 5.26. The molecule has 2 atom stereocenters. The molecular weight excluding hydrogens is 172 g/mol. The first-order valence-corrected chi connectivity index (χ1v) is 5.46. The molecule has 0 amide bonds. The van der Waals surface area contributed by atoms with Crippen LogP contribution < -0.4 is 0 Å². The van der Waals surface area contributed by atoms with E-state index in [1.165, 1.54) is 5.56 Å². The van der Waals surface area contributed by atoms with E-state index in [1.807, 2.05) is 19.1 Å². The van der Waals surface area contributed by atoms with Gasteiger partial charge in [0, 0.05) is 0 Å². The van der Waals surface area contributed by atoms with Gasteiger partial charge in [-0.05, 0) is 29.9 Å². The molecule has 0 saturated heterocycles. The van der Waals surface area contributed by atoms with Crippen molar-refractivity contribution in [3.63, 3.8) is 0 Å². The van der Waals surface area contributed by atoms with Crippen molar-refractivity contribution in [1.29, 1.82) is 0 Å². The molecule has 1 N–H and O–H groups in total. The molecule has 0 saturated carbocycles. The van der Waals surface area contributed by atoms with Crippen LogP contribution in [0.3, 0.4) is 0 Å². The van der Waals surface area contributed by atoms with E-state index in [0.29, 0.717) is 5.92 Å². The number of aliphatic hydroxyl groups excluding tert-OH is 1. The molecule has 0 aliphatic rings. The standard InChI is InChI=1S/C13H20O/c1-4-10(3)11-6-8-12(9-7-11)13(14)5-2/h6-10,13-14H,4-5H2,1-3H3. The molecule has 0 aromatic heterocycles. The Morgan fingerprint density at radius 1 is 1.00 bits per heavy atom. The highest BCUT2D eigenvalue weighted by atomic mass is 16.3. The fourth-order valence-electron chi connectivity index (χ4n) is 1.52. The fraction of sp³-hybridized carbons (Fsp3) is 0.538. The summed E-state index contributed by atoms with van der Waals surface area (Å²) < 4.78 is 0. The highest BCUT2D eigenvalue weighted by Crippen LogP contribution is 2.22. The summed E-state index contributed by atoms with van der Waals surface area (Å²) >= 11 is 0. The summed E-state index contributed by atoms with van der Waals surface area (Å²) in [4.78, 5) is 0. The maximum absolute atomic E-state index is 9.62. The van der Waals surface area contributed by atoms with E-state index in [2.05, 4.69) is 26.0 Å². The Hall–Kier alpha value is -0.820. The molecule has 2 unspecified atom stereocenters. The van der Waals surface area contributed by atoms with Crippen molar-refractivity contribution in [2.75, 3.05) is 0 Å². The van der Waals surface area contributed by atoms with Crippen LogP contribution in [0.2, 0.25) is 0 Å². The van der Waals surface area contributed by atoms with E-state index in [-0.39, 0.29) is 6.10 Å². The Labute approximate surface area is 86.8 Å². The van der Waals surface area contributed by atoms with Crippen LogP contribution in [0.5, 0.6) is 0 Å². The van der Waals surface area contributed by atoms with Gasteiger partial charge in [-0.3, -0.25) is 0 Å². The first kappa shape index (κ1) is 11.3. The summed E-state index contributed by atoms with van der Waals surface area (Å²) in [5.74, 6) is 0.614. The van der Waals surface area contributed by atoms with E-state index in [4.69, 9.17) is 0 Å². The first-order chi connectivity index (χ1) is 6.69. The molecule has 1 heteroatoms. The van der Waals surface area contributed by atoms with Crippen molar-refractivity contribution in [2.24, 2.45) is 0 Å². The van der Waals surface area contributed by atoms with Crippen LogP contribution in [0.1, 0.15) is 56.8 Å². The van der Waals surface area contributed by atoms with Crippen molar-refractivity contribution in [3.05, 3.63) is 35.4 Å². The SMILES string of the molecule is CCC(C)c1ccc(C(O)CC)cc1. The predicted octanol–water partition coefficient (Wildman–Crippen LogP) is 3.64. The zero-order valence-corrected chi connectivity index (χ0v) is 9.33. The van der Waals surface area contributed by atoms with Crippen LogP contribution in [-0.2, 0) is 0 Å². The van der Waals surface area contributed by atoms with Gasteiger partial charge in [0.15, 0.2) is 0 Å². The zero-order valence-electron chi connectivity index (χ0n) is 9.33. The summed E-state index contributed by atoms with van der Waals surface area (Å²) in [6, 6.07) is 8.33. The lowest BCUT2D eigenvalue weighted by Gasteiger charge is -2.12. The minimum atomic E-state index is -0.305. The minimum absolute atomic E-state index is 0.305. The van der Waals surface area contributed by atoms with E-state index in [0.717, 1.165) is 18.4 Å². The Kier molecular flexibility index (Phi) is 4.15. The molecule has 14 heavy (non-hydrogen) atoms. The lowest BCUT2D eigenvalue weighted by atomic mass is 9.96. The summed E-state index contributed by atoms with van der Waals surface area (Å²) in [5.41, 5.74) is 2.39. The Balaban J connectivity index is 2.78. The summed E-state index contributed by atoms with van der Waals surface area (Å²) in [6.07, 6.45) is 1.64. The van der Waals surface area contributed by atoms with Gasteiger partial charge in [0.25, 0.3) is 0 Å². The molecule has 0 spiro atoms. The molecule has 0 aliphatic carbocycles. The van der Waals surface area contributed by atoms with Gasteiger partial charge in [0.05, 0.1) is 6.10 Å². The largest absolute Gasteiger partial charge is 0.388 e. The molecule has 1 nitrogen and oxygen atoms in total.